The summed E-state index contributed by atoms with van der Waals surface area (Å²) >= 11 is 7.54. The van der Waals surface area contributed by atoms with Crippen LogP contribution in [0.2, 0.25) is 5.02 Å². The van der Waals surface area contributed by atoms with E-state index in [-0.39, 0.29) is 4.90 Å². The predicted octanol–water partition coefficient (Wildman–Crippen LogP) is 3.63. The average molecular weight is 452 g/mol. The van der Waals surface area contributed by atoms with Gasteiger partial charge in [0.05, 0.1) is 14.6 Å². The molecule has 0 aliphatic rings. The van der Waals surface area contributed by atoms with E-state index in [4.69, 9.17) is 11.6 Å². The zero-order valence-corrected chi connectivity index (χ0v) is 18.8. The number of halogens is 1. The fourth-order valence-electron chi connectivity index (χ4n) is 2.72. The smallest absolute Gasteiger partial charge is 0.244 e. The lowest BCUT2D eigenvalue weighted by Crippen LogP contribution is -2.40. The van der Waals surface area contributed by atoms with Crippen LogP contribution in [0, 0.1) is 6.92 Å². The number of aromatic nitrogens is 1. The topological polar surface area (TPSA) is 70.6 Å². The van der Waals surface area contributed by atoms with Gasteiger partial charge in [-0.2, -0.15) is 0 Å². The van der Waals surface area contributed by atoms with Crippen molar-refractivity contribution < 1.29 is 13.2 Å². The zero-order valence-electron chi connectivity index (χ0n) is 16.4. The first-order chi connectivity index (χ1) is 13.7. The minimum atomic E-state index is -3.76. The van der Waals surface area contributed by atoms with E-state index >= 15 is 0 Å². The summed E-state index contributed by atoms with van der Waals surface area (Å²) in [6, 6.07) is 11.9. The van der Waals surface area contributed by atoms with E-state index < -0.39 is 21.5 Å². The van der Waals surface area contributed by atoms with Crippen LogP contribution in [0.15, 0.2) is 47.4 Å². The molecule has 0 bridgehead atoms. The van der Waals surface area contributed by atoms with E-state index in [1.54, 1.807) is 18.2 Å². The van der Waals surface area contributed by atoms with Crippen molar-refractivity contribution in [2.45, 2.75) is 11.8 Å². The highest BCUT2D eigenvalue weighted by Crippen LogP contribution is 2.33. The summed E-state index contributed by atoms with van der Waals surface area (Å²) in [6.45, 7) is 2.77. The molecule has 0 saturated heterocycles. The number of benzene rings is 2. The molecule has 0 aliphatic carbocycles. The standard InChI is InChI=1S/C20H22ClN3O3S2/c1-14-7-9-15(10-8-14)29(26,27)13-18(25)24(12-11-23(2)3)20-22-19-16(21)5-4-6-17(19)28-20/h4-10H,11-13H2,1-3H3. The van der Waals surface area contributed by atoms with Gasteiger partial charge in [-0.3, -0.25) is 9.69 Å². The number of sulfone groups is 1. The second-order valence-electron chi connectivity index (χ2n) is 7.00. The van der Waals surface area contributed by atoms with Gasteiger partial charge in [0.15, 0.2) is 15.0 Å². The number of anilines is 1. The summed E-state index contributed by atoms with van der Waals surface area (Å²) in [4.78, 5) is 21.0. The van der Waals surface area contributed by atoms with Gasteiger partial charge >= 0.3 is 0 Å². The minimum absolute atomic E-state index is 0.136. The van der Waals surface area contributed by atoms with E-state index in [1.165, 1.54) is 28.4 Å². The normalized spacial score (nSPS) is 11.9. The van der Waals surface area contributed by atoms with Gasteiger partial charge in [-0.05, 0) is 45.3 Å². The molecule has 9 heteroatoms. The number of fused-ring (bicyclic) bond motifs is 1. The first kappa shape index (κ1) is 21.7. The number of likely N-dealkylation sites (N-methyl/N-ethyl adjacent to an activating group) is 1. The second-order valence-corrected chi connectivity index (χ2v) is 10.4. The maximum Gasteiger partial charge on any atom is 0.244 e. The highest BCUT2D eigenvalue weighted by atomic mass is 35.5. The number of hydrogen-bond donors (Lipinski definition) is 0. The maximum absolute atomic E-state index is 13.0. The number of carbonyl (C=O) groups is 1. The Balaban J connectivity index is 1.92. The van der Waals surface area contributed by atoms with Crippen LogP contribution >= 0.6 is 22.9 Å². The minimum Gasteiger partial charge on any atom is -0.308 e. The van der Waals surface area contributed by atoms with Crippen LogP contribution in [0.25, 0.3) is 10.2 Å². The van der Waals surface area contributed by atoms with Crippen LogP contribution < -0.4 is 4.90 Å². The highest BCUT2D eigenvalue weighted by molar-refractivity contribution is 7.92. The number of thiazole rings is 1. The fraction of sp³-hybridized carbons (Fsp3) is 0.300. The zero-order chi connectivity index (χ0) is 21.2. The Morgan fingerprint density at radius 1 is 1.10 bits per heavy atom. The monoisotopic (exact) mass is 451 g/mol. The van der Waals surface area contributed by atoms with Crippen molar-refractivity contribution in [1.82, 2.24) is 9.88 Å². The molecule has 154 valence electrons. The second kappa shape index (κ2) is 8.79. The molecule has 0 N–H and O–H groups in total. The van der Waals surface area contributed by atoms with Gasteiger partial charge in [-0.15, -0.1) is 0 Å². The molecule has 29 heavy (non-hydrogen) atoms. The predicted molar refractivity (Wildman–Crippen MR) is 119 cm³/mol. The van der Waals surface area contributed by atoms with E-state index in [9.17, 15) is 13.2 Å². The Kier molecular flexibility index (Phi) is 6.58. The number of carbonyl (C=O) groups excluding carboxylic acids is 1. The molecule has 0 spiro atoms. The fourth-order valence-corrected chi connectivity index (χ4v) is 5.22. The maximum atomic E-state index is 13.0. The Hall–Kier alpha value is -2.00. The van der Waals surface area contributed by atoms with Crippen LogP contribution in [0.3, 0.4) is 0 Å². The van der Waals surface area contributed by atoms with Gasteiger partial charge in [-0.25, -0.2) is 13.4 Å². The van der Waals surface area contributed by atoms with Crippen molar-refractivity contribution in [3.8, 4) is 0 Å². The molecule has 6 nitrogen and oxygen atoms in total. The van der Waals surface area contributed by atoms with Gasteiger partial charge in [-0.1, -0.05) is 46.7 Å². The van der Waals surface area contributed by atoms with E-state index in [0.29, 0.717) is 28.8 Å². The molecule has 0 unspecified atom stereocenters. The first-order valence-corrected chi connectivity index (χ1v) is 11.8. The SMILES string of the molecule is Cc1ccc(S(=O)(=O)CC(=O)N(CCN(C)C)c2nc3c(Cl)cccc3s2)cc1. The van der Waals surface area contributed by atoms with Crippen molar-refractivity contribution in [1.29, 1.82) is 0 Å². The van der Waals surface area contributed by atoms with E-state index in [0.717, 1.165) is 10.3 Å². The lowest BCUT2D eigenvalue weighted by molar-refractivity contribution is -0.116. The number of amides is 1. The van der Waals surface area contributed by atoms with Crippen molar-refractivity contribution in [2.75, 3.05) is 37.8 Å². The molecule has 1 aromatic heterocycles. The Morgan fingerprint density at radius 2 is 1.79 bits per heavy atom. The third-order valence-electron chi connectivity index (χ3n) is 4.35. The van der Waals surface area contributed by atoms with Crippen LogP contribution in [-0.4, -0.2) is 57.1 Å². The lowest BCUT2D eigenvalue weighted by atomic mass is 10.2. The molecule has 3 rings (SSSR count). The molecular weight excluding hydrogens is 430 g/mol. The summed E-state index contributed by atoms with van der Waals surface area (Å²) in [5.74, 6) is -1.13. The quantitative estimate of drug-likeness (QED) is 0.548. The summed E-state index contributed by atoms with van der Waals surface area (Å²) in [5.41, 5.74) is 1.56. The molecule has 1 heterocycles. The Labute approximate surface area is 179 Å². The molecule has 0 aliphatic heterocycles. The summed E-state index contributed by atoms with van der Waals surface area (Å²) in [5, 5.41) is 0.941. The van der Waals surface area contributed by atoms with Gasteiger partial charge in [0.25, 0.3) is 0 Å². The number of hydrogen-bond acceptors (Lipinski definition) is 6. The molecular formula is C20H22ClN3O3S2. The number of para-hydroxylation sites is 1. The number of nitrogens with zero attached hydrogens (tertiary/aromatic N) is 3. The molecule has 0 atom stereocenters. The van der Waals surface area contributed by atoms with Crippen molar-refractivity contribution in [3.63, 3.8) is 0 Å². The molecule has 2 aromatic carbocycles. The van der Waals surface area contributed by atoms with Crippen LogP contribution in [0.4, 0.5) is 5.13 Å². The summed E-state index contributed by atoms with van der Waals surface area (Å²) in [6.07, 6.45) is 0. The van der Waals surface area contributed by atoms with Crippen molar-refractivity contribution in [3.05, 3.63) is 53.1 Å². The molecule has 1 amide bonds. The van der Waals surface area contributed by atoms with Gasteiger partial charge in [0.1, 0.15) is 11.3 Å². The molecule has 3 aromatic rings. The average Bonchev–Trinajstić information content (AvgIpc) is 3.07. The van der Waals surface area contributed by atoms with Crippen LogP contribution in [-0.2, 0) is 14.6 Å². The number of rotatable bonds is 7. The van der Waals surface area contributed by atoms with Crippen LogP contribution in [0.5, 0.6) is 0 Å². The largest absolute Gasteiger partial charge is 0.308 e. The Morgan fingerprint density at radius 3 is 2.41 bits per heavy atom. The lowest BCUT2D eigenvalue weighted by Gasteiger charge is -2.22. The van der Waals surface area contributed by atoms with Crippen LogP contribution in [0.1, 0.15) is 5.56 Å². The summed E-state index contributed by atoms with van der Waals surface area (Å²) < 4.78 is 26.4. The van der Waals surface area contributed by atoms with Crippen molar-refractivity contribution in [2.24, 2.45) is 0 Å². The number of aryl methyl sites for hydroxylation is 1. The van der Waals surface area contributed by atoms with Gasteiger partial charge in [0, 0.05) is 13.1 Å². The first-order valence-electron chi connectivity index (χ1n) is 8.97. The molecule has 0 radical (unpaired) electrons. The summed E-state index contributed by atoms with van der Waals surface area (Å²) in [7, 11) is 0.0195. The third kappa shape index (κ3) is 5.14. The Bertz CT molecular complexity index is 1130. The van der Waals surface area contributed by atoms with Gasteiger partial charge < -0.3 is 4.90 Å². The van der Waals surface area contributed by atoms with E-state index in [1.807, 2.05) is 38.1 Å². The molecule has 0 fully saturated rings. The van der Waals surface area contributed by atoms with Crippen molar-refractivity contribution >= 4 is 54.0 Å². The molecule has 0 saturated carbocycles. The highest BCUT2D eigenvalue weighted by Gasteiger charge is 2.26. The third-order valence-corrected chi connectivity index (χ3v) is 7.32. The van der Waals surface area contributed by atoms with Gasteiger partial charge in [0.2, 0.25) is 5.91 Å². The van der Waals surface area contributed by atoms with E-state index in [2.05, 4.69) is 4.98 Å².